The third-order valence-corrected chi connectivity index (χ3v) is 5.14. The lowest BCUT2D eigenvalue weighted by atomic mass is 10.2. The molecular weight excluding hydrogens is 368 g/mol. The van der Waals surface area contributed by atoms with Gasteiger partial charge in [-0.05, 0) is 29.7 Å². The Bertz CT molecular complexity index is 1030. The van der Waals surface area contributed by atoms with Crippen LogP contribution in [0.25, 0.3) is 10.9 Å². The molecule has 1 aliphatic rings. The van der Waals surface area contributed by atoms with Gasteiger partial charge in [0.2, 0.25) is 5.91 Å². The highest BCUT2D eigenvalue weighted by atomic mass is 16.5. The van der Waals surface area contributed by atoms with Gasteiger partial charge in [-0.2, -0.15) is 0 Å². The number of rotatable bonds is 6. The van der Waals surface area contributed by atoms with Gasteiger partial charge in [0.1, 0.15) is 5.75 Å². The van der Waals surface area contributed by atoms with Crippen molar-refractivity contribution in [3.8, 4) is 5.75 Å². The summed E-state index contributed by atoms with van der Waals surface area (Å²) in [6.07, 6.45) is 2.30. The molecular formula is C22H24N4O3. The van der Waals surface area contributed by atoms with Gasteiger partial charge < -0.3 is 24.8 Å². The summed E-state index contributed by atoms with van der Waals surface area (Å²) in [6.45, 7) is 1.63. The van der Waals surface area contributed by atoms with Crippen molar-refractivity contribution >= 4 is 28.5 Å². The number of para-hydroxylation sites is 1. The van der Waals surface area contributed by atoms with Crippen LogP contribution in [0.4, 0.5) is 10.5 Å². The zero-order chi connectivity index (χ0) is 20.2. The number of carbonyl (C=O) groups excluding carboxylic acids is 2. The average Bonchev–Trinajstić information content (AvgIpc) is 3.31. The third kappa shape index (κ3) is 4.18. The Labute approximate surface area is 169 Å². The molecule has 2 heterocycles. The largest absolute Gasteiger partial charge is 0.497 e. The van der Waals surface area contributed by atoms with Crippen molar-refractivity contribution in [3.05, 3.63) is 60.8 Å². The van der Waals surface area contributed by atoms with E-state index in [1.165, 1.54) is 5.39 Å². The fourth-order valence-corrected chi connectivity index (χ4v) is 3.69. The van der Waals surface area contributed by atoms with E-state index in [1.807, 2.05) is 42.6 Å². The summed E-state index contributed by atoms with van der Waals surface area (Å²) in [4.78, 5) is 26.3. The number of aromatic nitrogens is 1. The molecule has 1 saturated heterocycles. The number of fused-ring (bicyclic) bond motifs is 1. The van der Waals surface area contributed by atoms with Crippen molar-refractivity contribution in [1.29, 1.82) is 0 Å². The lowest BCUT2D eigenvalue weighted by Gasteiger charge is -2.18. The Morgan fingerprint density at radius 3 is 2.90 bits per heavy atom. The van der Waals surface area contributed by atoms with E-state index >= 15 is 0 Å². The van der Waals surface area contributed by atoms with E-state index in [-0.39, 0.29) is 24.4 Å². The van der Waals surface area contributed by atoms with E-state index in [9.17, 15) is 9.59 Å². The Balaban J connectivity index is 1.28. The van der Waals surface area contributed by atoms with Crippen molar-refractivity contribution in [3.63, 3.8) is 0 Å². The number of nitrogens with zero attached hydrogens (tertiary/aromatic N) is 2. The number of urea groups is 1. The van der Waals surface area contributed by atoms with Crippen molar-refractivity contribution in [2.75, 3.05) is 25.1 Å². The summed E-state index contributed by atoms with van der Waals surface area (Å²) < 4.78 is 7.33. The quantitative estimate of drug-likeness (QED) is 0.677. The van der Waals surface area contributed by atoms with E-state index in [4.69, 9.17) is 4.74 Å². The summed E-state index contributed by atoms with van der Waals surface area (Å²) in [5.41, 5.74) is 1.92. The predicted molar refractivity (Wildman–Crippen MR) is 112 cm³/mol. The molecule has 29 heavy (non-hydrogen) atoms. The highest BCUT2D eigenvalue weighted by Crippen LogP contribution is 2.25. The standard InChI is InChI=1S/C22H24N4O3/c1-29-19-7-4-6-18(14-19)26-15-17(13-21(26)27)24-22(28)23-10-12-25-11-9-16-5-2-3-8-20(16)25/h2-9,11,14,17H,10,12-13,15H2,1H3,(H2,23,24,28). The van der Waals surface area contributed by atoms with E-state index in [1.54, 1.807) is 12.0 Å². The minimum Gasteiger partial charge on any atom is -0.497 e. The summed E-state index contributed by atoms with van der Waals surface area (Å²) in [6, 6.07) is 17.1. The van der Waals surface area contributed by atoms with E-state index < -0.39 is 0 Å². The van der Waals surface area contributed by atoms with Gasteiger partial charge in [0.05, 0.1) is 13.2 Å². The highest BCUT2D eigenvalue weighted by Gasteiger charge is 2.31. The first-order valence-electron chi connectivity index (χ1n) is 9.67. The monoisotopic (exact) mass is 392 g/mol. The van der Waals surface area contributed by atoms with Gasteiger partial charge in [0, 0.05) is 49.5 Å². The van der Waals surface area contributed by atoms with Crippen LogP contribution in [0, 0.1) is 0 Å². The van der Waals surface area contributed by atoms with Gasteiger partial charge in [-0.3, -0.25) is 4.79 Å². The molecule has 1 unspecified atom stereocenters. The van der Waals surface area contributed by atoms with E-state index in [2.05, 4.69) is 33.4 Å². The molecule has 1 aliphatic heterocycles. The lowest BCUT2D eigenvalue weighted by Crippen LogP contribution is -2.44. The minimum atomic E-state index is -0.258. The molecule has 0 spiro atoms. The fraction of sp³-hybridized carbons (Fsp3) is 0.273. The molecule has 3 aromatic rings. The summed E-state index contributed by atoms with van der Waals surface area (Å²) in [5.74, 6) is 0.685. The minimum absolute atomic E-state index is 0.0117. The van der Waals surface area contributed by atoms with Crippen molar-refractivity contribution < 1.29 is 14.3 Å². The molecule has 3 amide bonds. The van der Waals surface area contributed by atoms with Crippen molar-refractivity contribution in [1.82, 2.24) is 15.2 Å². The van der Waals surface area contributed by atoms with Gasteiger partial charge in [0.25, 0.3) is 0 Å². The maximum Gasteiger partial charge on any atom is 0.315 e. The predicted octanol–water partition coefficient (Wildman–Crippen LogP) is 2.75. The van der Waals surface area contributed by atoms with E-state index in [0.29, 0.717) is 25.4 Å². The molecule has 1 aromatic heterocycles. The molecule has 1 atom stereocenters. The molecule has 7 nitrogen and oxygen atoms in total. The first kappa shape index (κ1) is 18.9. The number of anilines is 1. The second kappa shape index (κ2) is 8.26. The molecule has 7 heteroatoms. The first-order valence-corrected chi connectivity index (χ1v) is 9.67. The van der Waals surface area contributed by atoms with Crippen LogP contribution in [0.2, 0.25) is 0 Å². The molecule has 2 N–H and O–H groups in total. The maximum absolute atomic E-state index is 12.4. The Morgan fingerprint density at radius 1 is 1.17 bits per heavy atom. The number of carbonyl (C=O) groups is 2. The lowest BCUT2D eigenvalue weighted by molar-refractivity contribution is -0.117. The van der Waals surface area contributed by atoms with Crippen LogP contribution < -0.4 is 20.3 Å². The molecule has 0 saturated carbocycles. The van der Waals surface area contributed by atoms with Gasteiger partial charge in [-0.1, -0.05) is 24.3 Å². The maximum atomic E-state index is 12.4. The van der Waals surface area contributed by atoms with Gasteiger partial charge in [0.15, 0.2) is 0 Å². The van der Waals surface area contributed by atoms with Crippen molar-refractivity contribution in [2.24, 2.45) is 0 Å². The van der Waals surface area contributed by atoms with Gasteiger partial charge >= 0.3 is 6.03 Å². The van der Waals surface area contributed by atoms with Crippen LogP contribution in [0.1, 0.15) is 6.42 Å². The Morgan fingerprint density at radius 2 is 2.03 bits per heavy atom. The number of ether oxygens (including phenoxy) is 1. The summed E-state index contributed by atoms with van der Waals surface area (Å²) in [7, 11) is 1.59. The van der Waals surface area contributed by atoms with Crippen LogP contribution in [0.5, 0.6) is 5.75 Å². The second-order valence-corrected chi connectivity index (χ2v) is 7.08. The highest BCUT2D eigenvalue weighted by molar-refractivity contribution is 5.97. The van der Waals surface area contributed by atoms with Crippen LogP contribution in [-0.2, 0) is 11.3 Å². The second-order valence-electron chi connectivity index (χ2n) is 7.08. The smallest absolute Gasteiger partial charge is 0.315 e. The topological polar surface area (TPSA) is 75.6 Å². The molecule has 2 aromatic carbocycles. The molecule has 1 fully saturated rings. The Hall–Kier alpha value is -3.48. The molecule has 4 rings (SSSR count). The average molecular weight is 392 g/mol. The van der Waals surface area contributed by atoms with Crippen LogP contribution in [0.3, 0.4) is 0 Å². The first-order chi connectivity index (χ1) is 14.1. The normalized spacial score (nSPS) is 16.2. The number of hydrogen-bond acceptors (Lipinski definition) is 3. The number of amides is 3. The molecule has 150 valence electrons. The SMILES string of the molecule is COc1cccc(N2CC(NC(=O)NCCn3ccc4ccccc43)CC2=O)c1. The van der Waals surface area contributed by atoms with Gasteiger partial charge in [-0.25, -0.2) is 4.79 Å². The number of benzene rings is 2. The number of hydrogen-bond donors (Lipinski definition) is 2. The number of nitrogens with one attached hydrogen (secondary N) is 2. The van der Waals surface area contributed by atoms with Crippen LogP contribution >= 0.6 is 0 Å². The van der Waals surface area contributed by atoms with Crippen LogP contribution in [0.15, 0.2) is 60.8 Å². The van der Waals surface area contributed by atoms with Gasteiger partial charge in [-0.15, -0.1) is 0 Å². The molecule has 0 bridgehead atoms. The zero-order valence-corrected chi connectivity index (χ0v) is 16.3. The van der Waals surface area contributed by atoms with Crippen molar-refractivity contribution in [2.45, 2.75) is 19.0 Å². The molecule has 0 aliphatic carbocycles. The van der Waals surface area contributed by atoms with E-state index in [0.717, 1.165) is 11.2 Å². The molecule has 0 radical (unpaired) electrons. The zero-order valence-electron chi connectivity index (χ0n) is 16.3. The number of methoxy groups -OCH3 is 1. The fourth-order valence-electron chi connectivity index (χ4n) is 3.69. The summed E-state index contributed by atoms with van der Waals surface area (Å²) >= 11 is 0. The summed E-state index contributed by atoms with van der Waals surface area (Å²) in [5, 5.41) is 6.96. The third-order valence-electron chi connectivity index (χ3n) is 5.14. The van der Waals surface area contributed by atoms with Crippen LogP contribution in [-0.4, -0.2) is 42.7 Å². The Kier molecular flexibility index (Phi) is 5.37.